The average molecular weight is 400 g/mol. The summed E-state index contributed by atoms with van der Waals surface area (Å²) < 4.78 is 20.6. The predicted octanol–water partition coefficient (Wildman–Crippen LogP) is 0.883. The third-order valence-electron chi connectivity index (χ3n) is 3.83. The minimum atomic E-state index is -0.727. The quantitative estimate of drug-likeness (QED) is 0.475. The minimum Gasteiger partial charge on any atom is -0.492 e. The first-order valence-electron chi connectivity index (χ1n) is 8.90. The number of carbonyl (C=O) groups excluding carboxylic acids is 3. The standard InChI is InChI=1S/C20H20N2O7/c23-18(21-8-9-26-15-4-2-1-3-5-15)12-27-19(24)11-22-20(25)14-6-7-16-17(10-14)29-13-28-16/h1-7,10H,8-9,11-13H2,(H,21,23)(H,22,25). The Bertz CT molecular complexity index is 870. The van der Waals surface area contributed by atoms with Gasteiger partial charge in [-0.3, -0.25) is 14.4 Å². The van der Waals surface area contributed by atoms with Gasteiger partial charge in [0.2, 0.25) is 6.79 Å². The van der Waals surface area contributed by atoms with E-state index in [9.17, 15) is 14.4 Å². The van der Waals surface area contributed by atoms with Gasteiger partial charge in [-0.15, -0.1) is 0 Å². The molecule has 0 atom stereocenters. The number of benzene rings is 2. The van der Waals surface area contributed by atoms with E-state index in [4.69, 9.17) is 18.9 Å². The normalized spacial score (nSPS) is 11.4. The fourth-order valence-electron chi connectivity index (χ4n) is 2.42. The Hall–Kier alpha value is -3.75. The molecular formula is C20H20N2O7. The molecule has 0 saturated heterocycles. The van der Waals surface area contributed by atoms with Crippen molar-refractivity contribution in [3.8, 4) is 17.2 Å². The number of hydrogen-bond acceptors (Lipinski definition) is 7. The summed E-state index contributed by atoms with van der Waals surface area (Å²) in [5, 5.41) is 4.99. The number of para-hydroxylation sites is 1. The van der Waals surface area contributed by atoms with Gasteiger partial charge in [-0.05, 0) is 30.3 Å². The third kappa shape index (κ3) is 6.13. The first kappa shape index (κ1) is 20.0. The van der Waals surface area contributed by atoms with Crippen LogP contribution in [0.1, 0.15) is 10.4 Å². The summed E-state index contributed by atoms with van der Waals surface area (Å²) in [5.74, 6) is 0.0651. The molecule has 2 N–H and O–H groups in total. The fourth-order valence-corrected chi connectivity index (χ4v) is 2.42. The Kier molecular flexibility index (Phi) is 6.88. The summed E-state index contributed by atoms with van der Waals surface area (Å²) in [7, 11) is 0. The summed E-state index contributed by atoms with van der Waals surface area (Å²) >= 11 is 0. The summed E-state index contributed by atoms with van der Waals surface area (Å²) in [4.78, 5) is 35.4. The Morgan fingerprint density at radius 3 is 2.59 bits per heavy atom. The lowest BCUT2D eigenvalue weighted by atomic mass is 10.2. The Labute approximate surface area is 166 Å². The second-order valence-electron chi connectivity index (χ2n) is 5.92. The van der Waals surface area contributed by atoms with Gasteiger partial charge in [-0.1, -0.05) is 18.2 Å². The highest BCUT2D eigenvalue weighted by Gasteiger charge is 2.17. The van der Waals surface area contributed by atoms with E-state index in [1.54, 1.807) is 12.1 Å². The zero-order valence-corrected chi connectivity index (χ0v) is 15.5. The maximum absolute atomic E-state index is 12.1. The summed E-state index contributed by atoms with van der Waals surface area (Å²) in [6.45, 7) is -0.143. The third-order valence-corrected chi connectivity index (χ3v) is 3.83. The van der Waals surface area contributed by atoms with E-state index in [1.807, 2.05) is 30.3 Å². The van der Waals surface area contributed by atoms with Crippen LogP contribution in [0.3, 0.4) is 0 Å². The van der Waals surface area contributed by atoms with Crippen molar-refractivity contribution in [3.63, 3.8) is 0 Å². The van der Waals surface area contributed by atoms with Crippen LogP contribution in [0.5, 0.6) is 17.2 Å². The van der Waals surface area contributed by atoms with E-state index in [1.165, 1.54) is 6.07 Å². The molecule has 2 aromatic carbocycles. The van der Waals surface area contributed by atoms with Crippen LogP contribution >= 0.6 is 0 Å². The van der Waals surface area contributed by atoms with Crippen molar-refractivity contribution in [1.29, 1.82) is 0 Å². The number of fused-ring (bicyclic) bond motifs is 1. The Morgan fingerprint density at radius 1 is 0.966 bits per heavy atom. The number of rotatable bonds is 9. The van der Waals surface area contributed by atoms with Crippen LogP contribution in [0.15, 0.2) is 48.5 Å². The van der Waals surface area contributed by atoms with Crippen molar-refractivity contribution in [2.24, 2.45) is 0 Å². The van der Waals surface area contributed by atoms with E-state index >= 15 is 0 Å². The predicted molar refractivity (Wildman–Crippen MR) is 101 cm³/mol. The highest BCUT2D eigenvalue weighted by atomic mass is 16.7. The first-order chi connectivity index (χ1) is 14.1. The molecule has 0 bridgehead atoms. The van der Waals surface area contributed by atoms with Gasteiger partial charge >= 0.3 is 5.97 Å². The van der Waals surface area contributed by atoms with Crippen LogP contribution in [0.4, 0.5) is 0 Å². The van der Waals surface area contributed by atoms with Crippen LogP contribution < -0.4 is 24.8 Å². The largest absolute Gasteiger partial charge is 0.492 e. The molecule has 1 aliphatic heterocycles. The van der Waals surface area contributed by atoms with Gasteiger partial charge in [-0.25, -0.2) is 0 Å². The zero-order chi connectivity index (χ0) is 20.5. The average Bonchev–Trinajstić information content (AvgIpc) is 3.22. The lowest BCUT2D eigenvalue weighted by Gasteiger charge is -2.09. The summed E-state index contributed by atoms with van der Waals surface area (Å²) in [6.07, 6.45) is 0. The Morgan fingerprint density at radius 2 is 1.76 bits per heavy atom. The van der Waals surface area contributed by atoms with Gasteiger partial charge in [-0.2, -0.15) is 0 Å². The number of hydrogen-bond donors (Lipinski definition) is 2. The van der Waals surface area contributed by atoms with Gasteiger partial charge < -0.3 is 29.6 Å². The molecule has 0 unspecified atom stereocenters. The van der Waals surface area contributed by atoms with Crippen LogP contribution in [-0.4, -0.2) is 50.9 Å². The maximum Gasteiger partial charge on any atom is 0.325 e. The van der Waals surface area contributed by atoms with Crippen LogP contribution in [0, 0.1) is 0 Å². The first-order valence-corrected chi connectivity index (χ1v) is 8.90. The van der Waals surface area contributed by atoms with E-state index in [0.29, 0.717) is 22.8 Å². The van der Waals surface area contributed by atoms with E-state index < -0.39 is 24.4 Å². The van der Waals surface area contributed by atoms with Gasteiger partial charge in [0.15, 0.2) is 18.1 Å². The molecule has 2 aromatic rings. The van der Waals surface area contributed by atoms with Gasteiger partial charge in [0.05, 0.1) is 6.54 Å². The van der Waals surface area contributed by atoms with E-state index in [0.717, 1.165) is 0 Å². The molecule has 1 aliphatic rings. The molecular weight excluding hydrogens is 380 g/mol. The van der Waals surface area contributed by atoms with Gasteiger partial charge in [0.1, 0.15) is 18.9 Å². The molecule has 2 amide bonds. The van der Waals surface area contributed by atoms with Crippen molar-refractivity contribution >= 4 is 17.8 Å². The van der Waals surface area contributed by atoms with Crippen LogP contribution in [0.25, 0.3) is 0 Å². The molecule has 0 radical (unpaired) electrons. The van der Waals surface area contributed by atoms with E-state index in [-0.39, 0.29) is 26.5 Å². The summed E-state index contributed by atoms with van der Waals surface area (Å²) in [6, 6.07) is 13.9. The monoisotopic (exact) mass is 400 g/mol. The van der Waals surface area contributed by atoms with Crippen molar-refractivity contribution < 1.29 is 33.3 Å². The molecule has 9 heteroatoms. The fraction of sp³-hybridized carbons (Fsp3) is 0.250. The van der Waals surface area contributed by atoms with E-state index in [2.05, 4.69) is 10.6 Å². The molecule has 0 saturated carbocycles. The lowest BCUT2D eigenvalue weighted by molar-refractivity contribution is -0.147. The maximum atomic E-state index is 12.1. The molecule has 29 heavy (non-hydrogen) atoms. The smallest absolute Gasteiger partial charge is 0.325 e. The number of esters is 1. The minimum absolute atomic E-state index is 0.104. The van der Waals surface area contributed by atoms with Crippen molar-refractivity contribution in [1.82, 2.24) is 10.6 Å². The van der Waals surface area contributed by atoms with Crippen LogP contribution in [-0.2, 0) is 14.3 Å². The van der Waals surface area contributed by atoms with Crippen LogP contribution in [0.2, 0.25) is 0 Å². The zero-order valence-electron chi connectivity index (χ0n) is 15.5. The molecule has 0 fully saturated rings. The van der Waals surface area contributed by atoms with Crippen molar-refractivity contribution in [2.75, 3.05) is 33.1 Å². The number of nitrogens with one attached hydrogen (secondary N) is 2. The van der Waals surface area contributed by atoms with Crippen molar-refractivity contribution in [2.45, 2.75) is 0 Å². The molecule has 1 heterocycles. The second-order valence-corrected chi connectivity index (χ2v) is 5.92. The molecule has 152 valence electrons. The molecule has 0 aromatic heterocycles. The lowest BCUT2D eigenvalue weighted by Crippen LogP contribution is -2.35. The second kappa shape index (κ2) is 9.98. The number of ether oxygens (including phenoxy) is 4. The SMILES string of the molecule is O=C(COC(=O)CNC(=O)c1ccc2c(c1)OCO2)NCCOc1ccccc1. The molecule has 3 rings (SSSR count). The molecule has 0 aliphatic carbocycles. The highest BCUT2D eigenvalue weighted by molar-refractivity contribution is 5.96. The highest BCUT2D eigenvalue weighted by Crippen LogP contribution is 2.32. The van der Waals surface area contributed by atoms with Gasteiger partial charge in [0, 0.05) is 5.56 Å². The summed E-state index contributed by atoms with van der Waals surface area (Å²) in [5.41, 5.74) is 0.318. The topological polar surface area (TPSA) is 112 Å². The molecule has 0 spiro atoms. The number of amides is 2. The molecule has 9 nitrogen and oxygen atoms in total. The van der Waals surface area contributed by atoms with Gasteiger partial charge in [0.25, 0.3) is 11.8 Å². The van der Waals surface area contributed by atoms with Crippen molar-refractivity contribution in [3.05, 3.63) is 54.1 Å². The Balaban J connectivity index is 1.29. The number of carbonyl (C=O) groups is 3.